The number of fused-ring (bicyclic) bond motifs is 1. The number of hydrogen-bond acceptors (Lipinski definition) is 8. The second-order valence-corrected chi connectivity index (χ2v) is 8.46. The van der Waals surface area contributed by atoms with E-state index in [1.54, 1.807) is 25.3 Å². The standard InChI is InChI=1S/C23H25ClF2N8S/c1-4-7-14(5-2)31-18(27-3)9-11-28-12-16(26)21-32-19-20(33-23(24)34-22(19)35-21)30-13-17-15(25)8-6-10-29-17/h4-8,10,16,28H,1-2,9,11-13H2,3H3,(H,27,31)(H,30,33,34)/b14-7+. The van der Waals surface area contributed by atoms with E-state index in [1.165, 1.54) is 18.3 Å². The Morgan fingerprint density at radius 1 is 1.31 bits per heavy atom. The normalized spacial score (nSPS) is 13.0. The number of nitrogens with zero attached hydrogens (tertiary/aromatic N) is 5. The first-order valence-electron chi connectivity index (χ1n) is 10.6. The van der Waals surface area contributed by atoms with Crippen LogP contribution in [0.15, 0.2) is 60.4 Å². The van der Waals surface area contributed by atoms with Gasteiger partial charge in [-0.05, 0) is 35.9 Å². The van der Waals surface area contributed by atoms with Crippen molar-refractivity contribution in [2.24, 2.45) is 4.99 Å². The van der Waals surface area contributed by atoms with Crippen LogP contribution in [-0.4, -0.2) is 45.9 Å². The summed E-state index contributed by atoms with van der Waals surface area (Å²) >= 11 is 7.11. The van der Waals surface area contributed by atoms with Crippen molar-refractivity contribution in [2.75, 3.05) is 25.5 Å². The van der Waals surface area contributed by atoms with Crippen LogP contribution in [0.5, 0.6) is 0 Å². The van der Waals surface area contributed by atoms with Crippen LogP contribution in [0.25, 0.3) is 10.3 Å². The number of pyridine rings is 1. The monoisotopic (exact) mass is 518 g/mol. The lowest BCUT2D eigenvalue weighted by atomic mass is 10.3. The highest BCUT2D eigenvalue weighted by molar-refractivity contribution is 7.18. The van der Waals surface area contributed by atoms with E-state index >= 15 is 0 Å². The number of hydrogen-bond donors (Lipinski definition) is 3. The smallest absolute Gasteiger partial charge is 0.225 e. The van der Waals surface area contributed by atoms with E-state index in [4.69, 9.17) is 11.6 Å². The van der Waals surface area contributed by atoms with Gasteiger partial charge in [-0.25, -0.2) is 18.7 Å². The molecule has 0 aliphatic carbocycles. The third kappa shape index (κ3) is 7.35. The molecule has 3 rings (SSSR count). The Morgan fingerprint density at radius 3 is 2.86 bits per heavy atom. The quantitative estimate of drug-likeness (QED) is 0.105. The summed E-state index contributed by atoms with van der Waals surface area (Å²) < 4.78 is 28.8. The fourth-order valence-electron chi connectivity index (χ4n) is 2.99. The van der Waals surface area contributed by atoms with Crippen molar-refractivity contribution in [3.05, 3.63) is 77.2 Å². The molecule has 0 aromatic carbocycles. The van der Waals surface area contributed by atoms with E-state index < -0.39 is 12.0 Å². The Kier molecular flexibility index (Phi) is 9.76. The van der Waals surface area contributed by atoms with Gasteiger partial charge in [0.2, 0.25) is 5.28 Å². The van der Waals surface area contributed by atoms with Crippen LogP contribution in [0.4, 0.5) is 14.6 Å². The van der Waals surface area contributed by atoms with Crippen LogP contribution in [0.3, 0.4) is 0 Å². The Hall–Kier alpha value is -3.28. The van der Waals surface area contributed by atoms with Gasteiger partial charge in [0, 0.05) is 38.5 Å². The van der Waals surface area contributed by atoms with Crippen LogP contribution in [-0.2, 0) is 6.54 Å². The Morgan fingerprint density at radius 2 is 2.14 bits per heavy atom. The van der Waals surface area contributed by atoms with Crippen molar-refractivity contribution in [1.82, 2.24) is 30.6 Å². The van der Waals surface area contributed by atoms with Gasteiger partial charge in [0.25, 0.3) is 0 Å². The Bertz CT molecular complexity index is 1240. The van der Waals surface area contributed by atoms with Crippen molar-refractivity contribution in [1.29, 1.82) is 0 Å². The first-order valence-corrected chi connectivity index (χ1v) is 11.8. The number of aliphatic imine (C=N–C) groups is 1. The fourth-order valence-corrected chi connectivity index (χ4v) is 4.13. The number of aromatic nitrogens is 4. The molecule has 0 saturated carbocycles. The molecule has 0 aliphatic rings. The van der Waals surface area contributed by atoms with Gasteiger partial charge in [0.15, 0.2) is 16.8 Å². The summed E-state index contributed by atoms with van der Waals surface area (Å²) in [5, 5.41) is 9.40. The molecule has 184 valence electrons. The molecule has 3 N–H and O–H groups in total. The topological polar surface area (TPSA) is 100 Å². The van der Waals surface area contributed by atoms with Crippen LogP contribution in [0.2, 0.25) is 5.28 Å². The van der Waals surface area contributed by atoms with E-state index in [2.05, 4.69) is 54.0 Å². The highest BCUT2D eigenvalue weighted by Gasteiger charge is 2.19. The maximum atomic E-state index is 14.9. The molecule has 0 spiro atoms. The van der Waals surface area contributed by atoms with Gasteiger partial charge in [-0.3, -0.25) is 9.98 Å². The highest BCUT2D eigenvalue weighted by atomic mass is 35.5. The van der Waals surface area contributed by atoms with Crippen LogP contribution >= 0.6 is 22.9 Å². The predicted octanol–water partition coefficient (Wildman–Crippen LogP) is 4.75. The summed E-state index contributed by atoms with van der Waals surface area (Å²) in [7, 11) is 1.68. The molecular weight excluding hydrogens is 494 g/mol. The number of amidine groups is 1. The minimum Gasteiger partial charge on any atom is -0.362 e. The lowest BCUT2D eigenvalue weighted by Crippen LogP contribution is -2.28. The molecule has 1 atom stereocenters. The molecule has 35 heavy (non-hydrogen) atoms. The first-order chi connectivity index (χ1) is 16.9. The van der Waals surface area contributed by atoms with E-state index in [0.29, 0.717) is 23.3 Å². The van der Waals surface area contributed by atoms with Crippen LogP contribution in [0, 0.1) is 5.82 Å². The second kappa shape index (κ2) is 13.0. The number of thiazole rings is 1. The molecule has 0 amide bonds. The van der Waals surface area contributed by atoms with Crippen LogP contribution < -0.4 is 16.0 Å². The lowest BCUT2D eigenvalue weighted by molar-refractivity contribution is 0.329. The molecule has 3 heterocycles. The number of allylic oxidation sites excluding steroid dienone is 3. The number of nitrogens with one attached hydrogen (secondary N) is 3. The van der Waals surface area contributed by atoms with Crippen molar-refractivity contribution in [2.45, 2.75) is 19.1 Å². The summed E-state index contributed by atoms with van der Waals surface area (Å²) in [5.74, 6) is 0.563. The number of alkyl halides is 1. The zero-order valence-electron chi connectivity index (χ0n) is 19.1. The average molecular weight is 519 g/mol. The van der Waals surface area contributed by atoms with Crippen molar-refractivity contribution < 1.29 is 8.78 Å². The number of anilines is 1. The van der Waals surface area contributed by atoms with Gasteiger partial charge in [-0.15, -0.1) is 0 Å². The third-order valence-corrected chi connectivity index (χ3v) is 5.92. The molecule has 1 unspecified atom stereocenters. The maximum absolute atomic E-state index is 14.9. The average Bonchev–Trinajstić information content (AvgIpc) is 3.28. The Balaban J connectivity index is 1.61. The molecule has 3 aromatic heterocycles. The predicted molar refractivity (Wildman–Crippen MR) is 138 cm³/mol. The van der Waals surface area contributed by atoms with Crippen molar-refractivity contribution in [3.63, 3.8) is 0 Å². The molecule has 12 heteroatoms. The molecule has 0 fully saturated rings. The SMILES string of the molecule is C=C/C=C(\C=C)NC(CCNCC(F)c1nc2c(NCc3ncccc3F)nc(Cl)nc2s1)=NC. The van der Waals surface area contributed by atoms with Crippen molar-refractivity contribution >= 4 is 44.9 Å². The molecule has 0 radical (unpaired) electrons. The summed E-state index contributed by atoms with van der Waals surface area (Å²) in [6.45, 7) is 8.00. The Labute approximate surface area is 211 Å². The highest BCUT2D eigenvalue weighted by Crippen LogP contribution is 2.31. The number of rotatable bonds is 12. The third-order valence-electron chi connectivity index (χ3n) is 4.71. The minimum atomic E-state index is -1.37. The molecule has 0 saturated heterocycles. The summed E-state index contributed by atoms with van der Waals surface area (Å²) in [4.78, 5) is 21.3. The zero-order chi connectivity index (χ0) is 25.2. The van der Waals surface area contributed by atoms with Gasteiger partial charge in [-0.1, -0.05) is 30.6 Å². The van der Waals surface area contributed by atoms with Crippen LogP contribution in [0.1, 0.15) is 23.3 Å². The molecular formula is C23H25ClF2N8S. The molecule has 0 aliphatic heterocycles. The summed E-state index contributed by atoms with van der Waals surface area (Å²) in [5.41, 5.74) is 1.35. The van der Waals surface area contributed by atoms with Gasteiger partial charge in [0.1, 0.15) is 22.2 Å². The van der Waals surface area contributed by atoms with E-state index in [9.17, 15) is 8.78 Å². The van der Waals surface area contributed by atoms with E-state index in [1.807, 2.05) is 0 Å². The fraction of sp³-hybridized carbons (Fsp3) is 0.261. The number of halogens is 3. The van der Waals surface area contributed by atoms with E-state index in [-0.39, 0.29) is 34.9 Å². The zero-order valence-corrected chi connectivity index (χ0v) is 20.6. The lowest BCUT2D eigenvalue weighted by Gasteiger charge is -2.11. The van der Waals surface area contributed by atoms with Crippen molar-refractivity contribution in [3.8, 4) is 0 Å². The van der Waals surface area contributed by atoms with Gasteiger partial charge in [-0.2, -0.15) is 4.98 Å². The molecule has 8 nitrogen and oxygen atoms in total. The summed E-state index contributed by atoms with van der Waals surface area (Å²) in [6.07, 6.45) is 5.78. The largest absolute Gasteiger partial charge is 0.362 e. The minimum absolute atomic E-state index is 0.0199. The maximum Gasteiger partial charge on any atom is 0.225 e. The van der Waals surface area contributed by atoms with E-state index in [0.717, 1.165) is 22.9 Å². The van der Waals surface area contributed by atoms with Gasteiger partial charge < -0.3 is 16.0 Å². The summed E-state index contributed by atoms with van der Waals surface area (Å²) in [6, 6.07) is 2.82. The molecule has 3 aromatic rings. The first kappa shape index (κ1) is 26.3. The van der Waals surface area contributed by atoms with Gasteiger partial charge >= 0.3 is 0 Å². The second-order valence-electron chi connectivity index (χ2n) is 7.11. The molecule has 0 bridgehead atoms. The van der Waals surface area contributed by atoms with Gasteiger partial charge in [0.05, 0.1) is 12.2 Å².